The number of ether oxygens (including phenoxy) is 1. The Balaban J connectivity index is 1.93. The Morgan fingerprint density at radius 1 is 1.40 bits per heavy atom. The lowest BCUT2D eigenvalue weighted by atomic mass is 10.1. The zero-order valence-corrected chi connectivity index (χ0v) is 11.9. The lowest BCUT2D eigenvalue weighted by molar-refractivity contribution is 0.104. The highest BCUT2D eigenvalue weighted by molar-refractivity contribution is 6.31. The van der Waals surface area contributed by atoms with Gasteiger partial charge in [-0.2, -0.15) is 0 Å². The van der Waals surface area contributed by atoms with E-state index in [1.165, 1.54) is 0 Å². The van der Waals surface area contributed by atoms with Crippen LogP contribution in [0, 0.1) is 0 Å². The van der Waals surface area contributed by atoms with Crippen molar-refractivity contribution in [3.8, 4) is 0 Å². The van der Waals surface area contributed by atoms with Crippen LogP contribution in [0.2, 0.25) is 5.02 Å². The van der Waals surface area contributed by atoms with E-state index in [1.54, 1.807) is 0 Å². The van der Waals surface area contributed by atoms with Gasteiger partial charge in [0.05, 0.1) is 12.2 Å². The molecule has 3 rings (SSSR count). The van der Waals surface area contributed by atoms with Crippen LogP contribution in [0.4, 0.5) is 0 Å². The molecule has 0 bridgehead atoms. The first kappa shape index (κ1) is 13.5. The maximum Gasteiger partial charge on any atom is 0.102 e. The van der Waals surface area contributed by atoms with E-state index in [2.05, 4.69) is 10.3 Å². The molecule has 106 valence electrons. The van der Waals surface area contributed by atoms with E-state index in [1.807, 2.05) is 28.9 Å². The van der Waals surface area contributed by atoms with Crippen LogP contribution >= 0.6 is 11.6 Å². The summed E-state index contributed by atoms with van der Waals surface area (Å²) < 4.78 is 7.62. The third kappa shape index (κ3) is 2.57. The normalized spacial score (nSPS) is 18.6. The topological polar surface area (TPSA) is 66.0 Å². The predicted octanol–water partition coefficient (Wildman–Crippen LogP) is 2.29. The van der Waals surface area contributed by atoms with Crippen molar-refractivity contribution in [1.82, 2.24) is 15.0 Å². The first-order chi connectivity index (χ1) is 9.79. The smallest absolute Gasteiger partial charge is 0.102 e. The molecule has 1 aliphatic rings. The van der Waals surface area contributed by atoms with E-state index in [4.69, 9.17) is 22.1 Å². The molecule has 1 fully saturated rings. The Morgan fingerprint density at radius 3 is 2.95 bits per heavy atom. The molecule has 2 heterocycles. The zero-order chi connectivity index (χ0) is 13.9. The maximum absolute atomic E-state index is 6.21. The lowest BCUT2D eigenvalue weighted by Gasteiger charge is -2.14. The molecule has 1 aliphatic heterocycles. The molecule has 0 aliphatic carbocycles. The van der Waals surface area contributed by atoms with Crippen molar-refractivity contribution >= 4 is 11.6 Å². The monoisotopic (exact) mass is 292 g/mol. The maximum atomic E-state index is 6.21. The second kappa shape index (κ2) is 5.91. The first-order valence-corrected chi connectivity index (χ1v) is 7.14. The third-order valence-electron chi connectivity index (χ3n) is 3.55. The molecule has 1 unspecified atom stereocenters. The molecule has 6 heteroatoms. The van der Waals surface area contributed by atoms with Gasteiger partial charge in [0, 0.05) is 18.2 Å². The summed E-state index contributed by atoms with van der Waals surface area (Å²) in [7, 11) is 0. The number of halogens is 1. The van der Waals surface area contributed by atoms with Gasteiger partial charge >= 0.3 is 0 Å². The van der Waals surface area contributed by atoms with E-state index >= 15 is 0 Å². The van der Waals surface area contributed by atoms with Crippen molar-refractivity contribution < 1.29 is 4.74 Å². The minimum Gasteiger partial charge on any atom is -0.372 e. The minimum absolute atomic E-state index is 0.0473. The van der Waals surface area contributed by atoms with Crippen molar-refractivity contribution in [2.24, 2.45) is 5.73 Å². The molecule has 20 heavy (non-hydrogen) atoms. The molecule has 0 amide bonds. The summed E-state index contributed by atoms with van der Waals surface area (Å²) in [6.45, 7) is 1.74. The van der Waals surface area contributed by atoms with Gasteiger partial charge in [0.25, 0.3) is 0 Å². The van der Waals surface area contributed by atoms with Gasteiger partial charge < -0.3 is 10.5 Å². The van der Waals surface area contributed by atoms with Crippen LogP contribution in [0.5, 0.6) is 0 Å². The van der Waals surface area contributed by atoms with Crippen LogP contribution in [-0.4, -0.2) is 21.6 Å². The van der Waals surface area contributed by atoms with Crippen molar-refractivity contribution in [1.29, 1.82) is 0 Å². The fourth-order valence-corrected chi connectivity index (χ4v) is 2.75. The molecule has 1 aromatic carbocycles. The Bertz CT molecular complexity index is 593. The third-order valence-corrected chi connectivity index (χ3v) is 3.92. The van der Waals surface area contributed by atoms with Crippen molar-refractivity contribution in [3.05, 3.63) is 46.2 Å². The number of nitrogens with zero attached hydrogens (tertiary/aromatic N) is 3. The van der Waals surface area contributed by atoms with Crippen LogP contribution in [0.3, 0.4) is 0 Å². The molecular formula is C14H17ClN4O. The minimum atomic E-state index is 0.0473. The molecule has 0 saturated carbocycles. The first-order valence-electron chi connectivity index (χ1n) is 6.77. The van der Waals surface area contributed by atoms with Gasteiger partial charge in [-0.15, -0.1) is 5.10 Å². The van der Waals surface area contributed by atoms with Crippen molar-refractivity contribution in [2.45, 2.75) is 32.0 Å². The molecule has 5 nitrogen and oxygen atoms in total. The summed E-state index contributed by atoms with van der Waals surface area (Å²) in [6.07, 6.45) is 2.10. The summed E-state index contributed by atoms with van der Waals surface area (Å²) in [5, 5.41) is 9.12. The predicted molar refractivity (Wildman–Crippen MR) is 76.4 cm³/mol. The fraction of sp³-hybridized carbons (Fsp3) is 0.429. The summed E-state index contributed by atoms with van der Waals surface area (Å²) in [6, 6.07) is 7.75. The molecule has 2 aromatic rings. The summed E-state index contributed by atoms with van der Waals surface area (Å²) >= 11 is 6.21. The van der Waals surface area contributed by atoms with Gasteiger partial charge in [-0.1, -0.05) is 35.0 Å². The number of hydrogen-bond donors (Lipinski definition) is 1. The van der Waals surface area contributed by atoms with Crippen LogP contribution in [0.25, 0.3) is 0 Å². The number of hydrogen-bond acceptors (Lipinski definition) is 4. The molecule has 2 N–H and O–H groups in total. The van der Waals surface area contributed by atoms with Crippen LogP contribution < -0.4 is 5.73 Å². The van der Waals surface area contributed by atoms with Crippen LogP contribution in [-0.2, 0) is 17.8 Å². The summed E-state index contributed by atoms with van der Waals surface area (Å²) in [5.74, 6) is 0. The van der Waals surface area contributed by atoms with E-state index < -0.39 is 0 Å². The lowest BCUT2D eigenvalue weighted by Crippen LogP contribution is -2.13. The molecule has 0 spiro atoms. The number of rotatable bonds is 4. The second-order valence-corrected chi connectivity index (χ2v) is 5.28. The average Bonchev–Trinajstić information content (AvgIpc) is 3.09. The van der Waals surface area contributed by atoms with E-state index in [0.29, 0.717) is 13.1 Å². The molecule has 1 aromatic heterocycles. The highest BCUT2D eigenvalue weighted by Gasteiger charge is 2.26. The quantitative estimate of drug-likeness (QED) is 0.939. The Hall–Kier alpha value is -1.43. The molecule has 1 atom stereocenters. The van der Waals surface area contributed by atoms with Crippen LogP contribution in [0.15, 0.2) is 24.3 Å². The van der Waals surface area contributed by atoms with Gasteiger partial charge in [-0.05, 0) is 24.5 Å². The Labute approximate surface area is 122 Å². The SMILES string of the molecule is NCc1nnn(Cc2ccccc2Cl)c1C1CCCO1. The van der Waals surface area contributed by atoms with Crippen molar-refractivity contribution in [2.75, 3.05) is 6.61 Å². The second-order valence-electron chi connectivity index (χ2n) is 4.88. The van der Waals surface area contributed by atoms with Crippen LogP contribution in [0.1, 0.15) is 35.9 Å². The zero-order valence-electron chi connectivity index (χ0n) is 11.1. The van der Waals surface area contributed by atoms with Crippen molar-refractivity contribution in [3.63, 3.8) is 0 Å². The van der Waals surface area contributed by atoms with Gasteiger partial charge in [-0.25, -0.2) is 4.68 Å². The van der Waals surface area contributed by atoms with Gasteiger partial charge in [-0.3, -0.25) is 0 Å². The number of nitrogens with two attached hydrogens (primary N) is 1. The standard InChI is InChI=1S/C14H17ClN4O/c15-11-5-2-1-4-10(11)9-19-14(12(8-16)17-18-19)13-6-3-7-20-13/h1-2,4-5,13H,3,6-9,16H2. The van der Waals surface area contributed by atoms with Gasteiger partial charge in [0.2, 0.25) is 0 Å². The molecular weight excluding hydrogens is 276 g/mol. The molecule has 0 radical (unpaired) electrons. The highest BCUT2D eigenvalue weighted by Crippen LogP contribution is 2.30. The summed E-state index contributed by atoms with van der Waals surface area (Å²) in [4.78, 5) is 0. The highest BCUT2D eigenvalue weighted by atomic mass is 35.5. The Morgan fingerprint density at radius 2 is 2.25 bits per heavy atom. The molecule has 1 saturated heterocycles. The van der Waals surface area contributed by atoms with E-state index in [-0.39, 0.29) is 6.10 Å². The Kier molecular flexibility index (Phi) is 4.00. The largest absolute Gasteiger partial charge is 0.372 e. The van der Waals surface area contributed by atoms with Gasteiger partial charge in [0.1, 0.15) is 11.8 Å². The summed E-state index contributed by atoms with van der Waals surface area (Å²) in [5.41, 5.74) is 8.57. The number of aromatic nitrogens is 3. The fourth-order valence-electron chi connectivity index (χ4n) is 2.55. The van der Waals surface area contributed by atoms with E-state index in [0.717, 1.165) is 41.4 Å². The van der Waals surface area contributed by atoms with E-state index in [9.17, 15) is 0 Å². The van der Waals surface area contributed by atoms with Gasteiger partial charge in [0.15, 0.2) is 0 Å². The average molecular weight is 293 g/mol. The number of benzene rings is 1.